The van der Waals surface area contributed by atoms with Gasteiger partial charge in [-0.3, -0.25) is 0 Å². The number of carbonyl (C=O) groups excluding carboxylic acids is 1. The van der Waals surface area contributed by atoms with Crippen LogP contribution in [0, 0.1) is 6.92 Å². The molecule has 5 heteroatoms. The molecule has 0 amide bonds. The first-order valence-electron chi connectivity index (χ1n) is 7.08. The van der Waals surface area contributed by atoms with Crippen molar-refractivity contribution in [3.8, 4) is 5.75 Å². The van der Waals surface area contributed by atoms with Crippen molar-refractivity contribution in [2.45, 2.75) is 26.8 Å². The molecule has 114 valence electrons. The maximum atomic E-state index is 12.3. The van der Waals surface area contributed by atoms with E-state index in [1.54, 1.807) is 7.11 Å². The van der Waals surface area contributed by atoms with Crippen molar-refractivity contribution >= 4 is 16.9 Å². The fourth-order valence-corrected chi connectivity index (χ4v) is 2.57. The number of aliphatic hydroxyl groups excluding tert-OH is 1. The van der Waals surface area contributed by atoms with Crippen molar-refractivity contribution in [3.05, 3.63) is 29.5 Å². The summed E-state index contributed by atoms with van der Waals surface area (Å²) in [6, 6.07) is 5.69. The van der Waals surface area contributed by atoms with Crippen LogP contribution >= 0.6 is 0 Å². The molecule has 1 aromatic carbocycles. The predicted molar refractivity (Wildman–Crippen MR) is 80.9 cm³/mol. The number of aliphatic hydroxyl groups is 1. The molecule has 0 saturated heterocycles. The number of methoxy groups -OCH3 is 1. The smallest absolute Gasteiger partial charge is 0.340 e. The summed E-state index contributed by atoms with van der Waals surface area (Å²) in [7, 11) is 1.60. The van der Waals surface area contributed by atoms with Crippen molar-refractivity contribution in [3.63, 3.8) is 0 Å². The summed E-state index contributed by atoms with van der Waals surface area (Å²) >= 11 is 0. The zero-order chi connectivity index (χ0) is 15.4. The average Bonchev–Trinajstić information content (AvgIpc) is 2.77. The van der Waals surface area contributed by atoms with Crippen molar-refractivity contribution in [2.75, 3.05) is 20.3 Å². The van der Waals surface area contributed by atoms with E-state index in [0.29, 0.717) is 11.3 Å². The number of nitrogens with zero attached hydrogens (tertiary/aromatic N) is 1. The van der Waals surface area contributed by atoms with E-state index in [2.05, 4.69) is 11.5 Å². The number of fused-ring (bicyclic) bond motifs is 1. The standard InChI is InChI=1S/C16H21NO4/c1-4-7-17-11(2)15(16(19)21-9-8-18)13-10-12(20-3)5-6-14(13)17/h5-6,10,18H,4,7-9H2,1-3H3. The molecular formula is C16H21NO4. The van der Waals surface area contributed by atoms with Gasteiger partial charge >= 0.3 is 5.97 Å². The lowest BCUT2D eigenvalue weighted by atomic mass is 10.1. The third-order valence-electron chi connectivity index (χ3n) is 3.51. The van der Waals surface area contributed by atoms with Crippen LogP contribution in [-0.4, -0.2) is 36.0 Å². The molecule has 0 unspecified atom stereocenters. The summed E-state index contributed by atoms with van der Waals surface area (Å²) in [4.78, 5) is 12.3. The second kappa shape index (κ2) is 6.63. The quantitative estimate of drug-likeness (QED) is 0.831. The number of carbonyl (C=O) groups is 1. The van der Waals surface area contributed by atoms with Gasteiger partial charge in [0.15, 0.2) is 0 Å². The fraction of sp³-hybridized carbons (Fsp3) is 0.438. The highest BCUT2D eigenvalue weighted by molar-refractivity contribution is 6.06. The lowest BCUT2D eigenvalue weighted by Gasteiger charge is -2.06. The summed E-state index contributed by atoms with van der Waals surface area (Å²) in [5, 5.41) is 9.64. The van der Waals surface area contributed by atoms with E-state index in [1.165, 1.54) is 0 Å². The summed E-state index contributed by atoms with van der Waals surface area (Å²) in [5.74, 6) is 0.294. The monoisotopic (exact) mass is 291 g/mol. The Balaban J connectivity index is 2.60. The molecule has 0 aliphatic carbocycles. The van der Waals surface area contributed by atoms with Crippen LogP contribution < -0.4 is 4.74 Å². The highest BCUT2D eigenvalue weighted by Crippen LogP contribution is 2.30. The van der Waals surface area contributed by atoms with Crippen LogP contribution in [0.3, 0.4) is 0 Å². The summed E-state index contributed by atoms with van der Waals surface area (Å²) in [6.07, 6.45) is 0.974. The predicted octanol–water partition coefficient (Wildman–Crippen LogP) is 2.52. The summed E-state index contributed by atoms with van der Waals surface area (Å²) < 4.78 is 12.4. The molecule has 2 rings (SSSR count). The van der Waals surface area contributed by atoms with E-state index in [9.17, 15) is 4.79 Å². The Kier molecular flexibility index (Phi) is 4.85. The van der Waals surface area contributed by atoms with Gasteiger partial charge in [-0.1, -0.05) is 6.92 Å². The molecule has 1 heterocycles. The van der Waals surface area contributed by atoms with Gasteiger partial charge in [0.1, 0.15) is 12.4 Å². The van der Waals surface area contributed by atoms with Gasteiger partial charge in [0.05, 0.1) is 19.3 Å². The third kappa shape index (κ3) is 2.88. The first kappa shape index (κ1) is 15.4. The number of ether oxygens (including phenoxy) is 2. The molecule has 5 nitrogen and oxygen atoms in total. The molecule has 0 atom stereocenters. The Morgan fingerprint density at radius 1 is 1.38 bits per heavy atom. The van der Waals surface area contributed by atoms with Crippen molar-refractivity contribution in [1.82, 2.24) is 4.57 Å². The maximum Gasteiger partial charge on any atom is 0.340 e. The molecule has 0 fully saturated rings. The van der Waals surface area contributed by atoms with Gasteiger partial charge < -0.3 is 19.1 Å². The number of aryl methyl sites for hydroxylation is 1. The van der Waals surface area contributed by atoms with E-state index < -0.39 is 5.97 Å². The molecule has 0 aliphatic heterocycles. The minimum absolute atomic E-state index is 0.00267. The highest BCUT2D eigenvalue weighted by atomic mass is 16.5. The molecule has 1 N–H and O–H groups in total. The largest absolute Gasteiger partial charge is 0.497 e. The van der Waals surface area contributed by atoms with Gasteiger partial charge in [-0.2, -0.15) is 0 Å². The molecule has 0 aliphatic rings. The van der Waals surface area contributed by atoms with Crippen LogP contribution in [0.1, 0.15) is 29.4 Å². The second-order valence-electron chi connectivity index (χ2n) is 4.85. The van der Waals surface area contributed by atoms with Crippen LogP contribution in [0.5, 0.6) is 5.75 Å². The minimum Gasteiger partial charge on any atom is -0.497 e. The highest BCUT2D eigenvalue weighted by Gasteiger charge is 2.21. The Labute approximate surface area is 124 Å². The van der Waals surface area contributed by atoms with E-state index in [-0.39, 0.29) is 13.2 Å². The van der Waals surface area contributed by atoms with Gasteiger partial charge in [0, 0.05) is 23.1 Å². The van der Waals surface area contributed by atoms with Gasteiger partial charge in [-0.05, 0) is 31.5 Å². The minimum atomic E-state index is -0.408. The van der Waals surface area contributed by atoms with E-state index in [4.69, 9.17) is 14.6 Å². The lowest BCUT2D eigenvalue weighted by Crippen LogP contribution is -2.10. The topological polar surface area (TPSA) is 60.7 Å². The van der Waals surface area contributed by atoms with E-state index >= 15 is 0 Å². The van der Waals surface area contributed by atoms with Gasteiger partial charge in [0.25, 0.3) is 0 Å². The molecular weight excluding hydrogens is 270 g/mol. The van der Waals surface area contributed by atoms with Crippen LogP contribution in [0.25, 0.3) is 10.9 Å². The number of aromatic nitrogens is 1. The van der Waals surface area contributed by atoms with Crippen molar-refractivity contribution in [1.29, 1.82) is 0 Å². The van der Waals surface area contributed by atoms with Gasteiger partial charge in [-0.15, -0.1) is 0 Å². The summed E-state index contributed by atoms with van der Waals surface area (Å²) in [5.41, 5.74) is 2.42. The normalized spacial score (nSPS) is 10.9. The maximum absolute atomic E-state index is 12.3. The molecule has 2 aromatic rings. The molecule has 0 bridgehead atoms. The molecule has 21 heavy (non-hydrogen) atoms. The molecule has 0 radical (unpaired) electrons. The SMILES string of the molecule is CCCn1c(C)c(C(=O)OCCO)c2cc(OC)ccc21. The number of benzene rings is 1. The van der Waals surface area contributed by atoms with Crippen LogP contribution in [0.4, 0.5) is 0 Å². The van der Waals surface area contributed by atoms with Crippen molar-refractivity contribution in [2.24, 2.45) is 0 Å². The zero-order valence-electron chi connectivity index (χ0n) is 12.7. The molecule has 1 aromatic heterocycles. The number of rotatable bonds is 6. The lowest BCUT2D eigenvalue weighted by molar-refractivity contribution is 0.0435. The Hall–Kier alpha value is -2.01. The number of esters is 1. The Bertz CT molecular complexity index is 645. The Morgan fingerprint density at radius 2 is 2.14 bits per heavy atom. The van der Waals surface area contributed by atoms with Crippen LogP contribution in [0.15, 0.2) is 18.2 Å². The van der Waals surface area contributed by atoms with Gasteiger partial charge in [-0.25, -0.2) is 4.79 Å². The summed E-state index contributed by atoms with van der Waals surface area (Å²) in [6.45, 7) is 4.67. The third-order valence-corrected chi connectivity index (χ3v) is 3.51. The fourth-order valence-electron chi connectivity index (χ4n) is 2.57. The second-order valence-corrected chi connectivity index (χ2v) is 4.85. The van der Waals surface area contributed by atoms with E-state index in [0.717, 1.165) is 29.6 Å². The first-order chi connectivity index (χ1) is 10.1. The average molecular weight is 291 g/mol. The number of hydrogen-bond acceptors (Lipinski definition) is 4. The first-order valence-corrected chi connectivity index (χ1v) is 7.08. The Morgan fingerprint density at radius 3 is 2.76 bits per heavy atom. The van der Waals surface area contributed by atoms with Crippen LogP contribution in [-0.2, 0) is 11.3 Å². The van der Waals surface area contributed by atoms with Crippen molar-refractivity contribution < 1.29 is 19.4 Å². The van der Waals surface area contributed by atoms with Crippen LogP contribution in [0.2, 0.25) is 0 Å². The zero-order valence-corrected chi connectivity index (χ0v) is 12.7. The number of hydrogen-bond donors (Lipinski definition) is 1. The molecule has 0 saturated carbocycles. The van der Waals surface area contributed by atoms with Gasteiger partial charge in [0.2, 0.25) is 0 Å². The van der Waals surface area contributed by atoms with E-state index in [1.807, 2.05) is 25.1 Å². The molecule has 0 spiro atoms.